The number of benzene rings is 1. The van der Waals surface area contributed by atoms with Crippen LogP contribution in [0.1, 0.15) is 18.4 Å². The highest BCUT2D eigenvalue weighted by molar-refractivity contribution is 6.33. The number of amides is 2. The van der Waals surface area contributed by atoms with Crippen LogP contribution < -0.4 is 15.5 Å². The lowest BCUT2D eigenvalue weighted by Crippen LogP contribution is -2.42. The molecule has 2 N–H and O–H groups in total. The molecule has 25 heavy (non-hydrogen) atoms. The Morgan fingerprint density at radius 2 is 2.12 bits per heavy atom. The highest BCUT2D eigenvalue weighted by Gasteiger charge is 2.22. The van der Waals surface area contributed by atoms with Gasteiger partial charge in [-0.25, -0.2) is 4.79 Å². The summed E-state index contributed by atoms with van der Waals surface area (Å²) in [5.74, 6) is 0.404. The Balaban J connectivity index is 1.50. The first kappa shape index (κ1) is 17.5. The van der Waals surface area contributed by atoms with Crippen LogP contribution in [0.3, 0.4) is 0 Å². The van der Waals surface area contributed by atoms with Gasteiger partial charge in [0.1, 0.15) is 0 Å². The molecule has 1 aliphatic rings. The molecule has 5 nitrogen and oxygen atoms in total. The van der Waals surface area contributed by atoms with E-state index in [9.17, 15) is 4.79 Å². The minimum Gasteiger partial charge on any atom is -0.370 e. The summed E-state index contributed by atoms with van der Waals surface area (Å²) in [6, 6.07) is 9.55. The molecule has 1 unspecified atom stereocenters. The van der Waals surface area contributed by atoms with Crippen molar-refractivity contribution in [1.82, 2.24) is 10.3 Å². The molecular formula is C19H23ClN4O. The number of carbonyl (C=O) groups excluding carboxylic acids is 1. The van der Waals surface area contributed by atoms with E-state index in [1.54, 1.807) is 12.4 Å². The zero-order valence-electron chi connectivity index (χ0n) is 14.3. The molecule has 2 heterocycles. The first-order valence-electron chi connectivity index (χ1n) is 8.58. The molecule has 0 radical (unpaired) electrons. The molecule has 3 rings (SSSR count). The van der Waals surface area contributed by atoms with E-state index in [-0.39, 0.29) is 6.03 Å². The van der Waals surface area contributed by atoms with Gasteiger partial charge in [-0.15, -0.1) is 0 Å². The van der Waals surface area contributed by atoms with Crippen LogP contribution in [0.4, 0.5) is 16.2 Å². The molecule has 1 aromatic carbocycles. The maximum absolute atomic E-state index is 12.1. The molecule has 0 spiro atoms. The number of halogens is 1. The predicted octanol–water partition coefficient (Wildman–Crippen LogP) is 4.08. The first-order valence-corrected chi connectivity index (χ1v) is 8.95. The van der Waals surface area contributed by atoms with Gasteiger partial charge in [-0.3, -0.25) is 4.98 Å². The highest BCUT2D eigenvalue weighted by Crippen LogP contribution is 2.28. The number of anilines is 2. The number of hydrogen-bond acceptors (Lipinski definition) is 3. The molecule has 2 amide bonds. The van der Waals surface area contributed by atoms with Gasteiger partial charge in [-0.05, 0) is 43.9 Å². The molecule has 0 aliphatic carbocycles. The fourth-order valence-electron chi connectivity index (χ4n) is 3.12. The van der Waals surface area contributed by atoms with E-state index < -0.39 is 0 Å². The fourth-order valence-corrected chi connectivity index (χ4v) is 3.36. The van der Waals surface area contributed by atoms with E-state index in [4.69, 9.17) is 11.6 Å². The summed E-state index contributed by atoms with van der Waals surface area (Å²) in [5, 5.41) is 6.52. The second kappa shape index (κ2) is 8.21. The summed E-state index contributed by atoms with van der Waals surface area (Å²) in [5.41, 5.74) is 2.99. The average Bonchev–Trinajstić information content (AvgIpc) is 2.63. The van der Waals surface area contributed by atoms with Gasteiger partial charge in [0.15, 0.2) is 0 Å². The van der Waals surface area contributed by atoms with E-state index in [0.717, 1.165) is 37.3 Å². The molecule has 2 aromatic rings. The Bertz CT molecular complexity index is 720. The van der Waals surface area contributed by atoms with E-state index in [1.807, 2.05) is 37.3 Å². The summed E-state index contributed by atoms with van der Waals surface area (Å²) >= 11 is 6.25. The summed E-state index contributed by atoms with van der Waals surface area (Å²) in [6.45, 7) is 4.54. The molecule has 1 fully saturated rings. The smallest absolute Gasteiger partial charge is 0.319 e. The third-order valence-corrected chi connectivity index (χ3v) is 4.76. The topological polar surface area (TPSA) is 57.3 Å². The van der Waals surface area contributed by atoms with Crippen LogP contribution in [0.2, 0.25) is 5.02 Å². The van der Waals surface area contributed by atoms with E-state index >= 15 is 0 Å². The van der Waals surface area contributed by atoms with Gasteiger partial charge in [-0.2, -0.15) is 0 Å². The first-order chi connectivity index (χ1) is 12.1. The molecule has 1 aromatic heterocycles. The van der Waals surface area contributed by atoms with Crippen LogP contribution in [0.15, 0.2) is 42.7 Å². The summed E-state index contributed by atoms with van der Waals surface area (Å²) in [4.78, 5) is 18.4. The second-order valence-electron chi connectivity index (χ2n) is 6.48. The number of aromatic nitrogens is 1. The van der Waals surface area contributed by atoms with Crippen LogP contribution in [-0.4, -0.2) is 30.6 Å². The number of nitrogens with one attached hydrogen (secondary N) is 2. The van der Waals surface area contributed by atoms with Crippen molar-refractivity contribution in [3.63, 3.8) is 0 Å². The van der Waals surface area contributed by atoms with Crippen molar-refractivity contribution >= 4 is 29.0 Å². The maximum atomic E-state index is 12.1. The number of hydrogen-bond donors (Lipinski definition) is 2. The van der Waals surface area contributed by atoms with Crippen molar-refractivity contribution in [2.45, 2.75) is 19.8 Å². The monoisotopic (exact) mass is 358 g/mol. The van der Waals surface area contributed by atoms with Gasteiger partial charge < -0.3 is 15.5 Å². The van der Waals surface area contributed by atoms with Gasteiger partial charge >= 0.3 is 6.03 Å². The third kappa shape index (κ3) is 4.86. The van der Waals surface area contributed by atoms with Crippen molar-refractivity contribution in [3.8, 4) is 0 Å². The SMILES string of the molecule is Cc1ccc(NC(=O)NCC2CCCN(c3ccncc3Cl)C2)cc1. The Labute approximate surface area is 153 Å². The van der Waals surface area contributed by atoms with Crippen molar-refractivity contribution < 1.29 is 4.79 Å². The lowest BCUT2D eigenvalue weighted by Gasteiger charge is -2.34. The number of pyridine rings is 1. The second-order valence-corrected chi connectivity index (χ2v) is 6.89. The molecule has 132 valence electrons. The summed E-state index contributed by atoms with van der Waals surface area (Å²) in [7, 11) is 0. The minimum atomic E-state index is -0.164. The van der Waals surface area contributed by atoms with Gasteiger partial charge in [-0.1, -0.05) is 29.3 Å². The largest absolute Gasteiger partial charge is 0.370 e. The number of urea groups is 1. The Morgan fingerprint density at radius 3 is 2.88 bits per heavy atom. The Kier molecular flexibility index (Phi) is 5.76. The van der Waals surface area contributed by atoms with Gasteiger partial charge in [0, 0.05) is 37.7 Å². The Hall–Kier alpha value is -2.27. The number of piperidine rings is 1. The zero-order chi connectivity index (χ0) is 17.6. The minimum absolute atomic E-state index is 0.164. The van der Waals surface area contributed by atoms with Crippen molar-refractivity contribution in [2.24, 2.45) is 5.92 Å². The summed E-state index contributed by atoms with van der Waals surface area (Å²) < 4.78 is 0. The van der Waals surface area contributed by atoms with Crippen LogP contribution >= 0.6 is 11.6 Å². The molecule has 1 saturated heterocycles. The molecular weight excluding hydrogens is 336 g/mol. The number of aryl methyl sites for hydroxylation is 1. The van der Waals surface area contributed by atoms with Gasteiger partial charge in [0.2, 0.25) is 0 Å². The molecule has 0 saturated carbocycles. The standard InChI is InChI=1S/C19H23ClN4O/c1-14-4-6-16(7-5-14)23-19(25)22-11-15-3-2-10-24(13-15)18-8-9-21-12-17(18)20/h4-9,12,15H,2-3,10-11,13H2,1H3,(H2,22,23,25). The van der Waals surface area contributed by atoms with Crippen molar-refractivity contribution in [3.05, 3.63) is 53.3 Å². The zero-order valence-corrected chi connectivity index (χ0v) is 15.1. The van der Waals surface area contributed by atoms with Crippen molar-refractivity contribution in [1.29, 1.82) is 0 Å². The highest BCUT2D eigenvalue weighted by atomic mass is 35.5. The number of rotatable bonds is 4. The fraction of sp³-hybridized carbons (Fsp3) is 0.368. The quantitative estimate of drug-likeness (QED) is 0.865. The van der Waals surface area contributed by atoms with E-state index in [0.29, 0.717) is 17.5 Å². The van der Waals surface area contributed by atoms with Gasteiger partial charge in [0.25, 0.3) is 0 Å². The lowest BCUT2D eigenvalue weighted by atomic mass is 9.97. The lowest BCUT2D eigenvalue weighted by molar-refractivity contribution is 0.249. The molecule has 1 atom stereocenters. The van der Waals surface area contributed by atoms with Crippen LogP contribution in [-0.2, 0) is 0 Å². The molecule has 0 bridgehead atoms. The third-order valence-electron chi connectivity index (χ3n) is 4.47. The predicted molar refractivity (Wildman–Crippen MR) is 102 cm³/mol. The summed E-state index contributed by atoms with van der Waals surface area (Å²) in [6.07, 6.45) is 5.63. The van der Waals surface area contributed by atoms with E-state index in [2.05, 4.69) is 20.5 Å². The molecule has 1 aliphatic heterocycles. The number of nitrogens with zero attached hydrogens (tertiary/aromatic N) is 2. The number of carbonyl (C=O) groups is 1. The van der Waals surface area contributed by atoms with Crippen LogP contribution in [0, 0.1) is 12.8 Å². The molecule has 6 heteroatoms. The normalized spacial score (nSPS) is 17.2. The Morgan fingerprint density at radius 1 is 1.32 bits per heavy atom. The maximum Gasteiger partial charge on any atom is 0.319 e. The van der Waals surface area contributed by atoms with Crippen LogP contribution in [0.5, 0.6) is 0 Å². The van der Waals surface area contributed by atoms with E-state index in [1.165, 1.54) is 5.56 Å². The van der Waals surface area contributed by atoms with Crippen LogP contribution in [0.25, 0.3) is 0 Å². The average molecular weight is 359 g/mol. The van der Waals surface area contributed by atoms with Crippen molar-refractivity contribution in [2.75, 3.05) is 29.9 Å². The van der Waals surface area contributed by atoms with Gasteiger partial charge in [0.05, 0.1) is 10.7 Å².